The average Bonchev–Trinajstić information content (AvgIpc) is 2.44. The Bertz CT molecular complexity index is 377. The summed E-state index contributed by atoms with van der Waals surface area (Å²) in [5, 5.41) is 8.19. The van der Waals surface area contributed by atoms with Crippen LogP contribution in [0, 0.1) is 0 Å². The quantitative estimate of drug-likeness (QED) is 0.438. The van der Waals surface area contributed by atoms with Gasteiger partial charge in [0.05, 0.1) is 20.3 Å². The molecule has 22 heavy (non-hydrogen) atoms. The summed E-state index contributed by atoms with van der Waals surface area (Å²) in [6.07, 6.45) is -0.711. The first-order valence-electron chi connectivity index (χ1n) is 6.23. The minimum absolute atomic E-state index is 0.0473. The molecule has 128 valence electrons. The molecule has 0 heterocycles. The van der Waals surface area contributed by atoms with E-state index >= 15 is 0 Å². The maximum Gasteiger partial charge on any atom is 0.404 e. The summed E-state index contributed by atoms with van der Waals surface area (Å²) < 4.78 is 12.9. The third-order valence-electron chi connectivity index (χ3n) is 1.49. The summed E-state index contributed by atoms with van der Waals surface area (Å²) in [4.78, 5) is 30.3. The molecule has 0 aliphatic carbocycles. The van der Waals surface area contributed by atoms with Gasteiger partial charge in [-0.05, 0) is 20.8 Å². The molecule has 0 rings (SSSR count). The van der Waals surface area contributed by atoms with Crippen LogP contribution in [0.4, 0.5) is 4.79 Å². The van der Waals surface area contributed by atoms with Crippen molar-refractivity contribution >= 4 is 18.0 Å². The molecule has 0 atom stereocenters. The van der Waals surface area contributed by atoms with Gasteiger partial charge in [-0.25, -0.2) is 14.4 Å². The second-order valence-electron chi connectivity index (χ2n) is 3.66. The Hall–Kier alpha value is -2.35. The fourth-order valence-electron chi connectivity index (χ4n) is 0.578. The molecular formula is C14H25NO7. The largest absolute Gasteiger partial charge is 0.466 e. The van der Waals surface area contributed by atoms with Gasteiger partial charge in [0.15, 0.2) is 0 Å². The van der Waals surface area contributed by atoms with Crippen LogP contribution >= 0.6 is 0 Å². The number of hydrogen-bond donors (Lipinski definition) is 2. The zero-order chi connectivity index (χ0) is 18.1. The Kier molecular flexibility index (Phi) is 18.7. The predicted octanol–water partition coefficient (Wildman–Crippen LogP) is 0.935. The van der Waals surface area contributed by atoms with Crippen LogP contribution in [0.1, 0.15) is 20.8 Å². The summed E-state index contributed by atoms with van der Waals surface area (Å²) in [6, 6.07) is 0. The van der Waals surface area contributed by atoms with Gasteiger partial charge < -0.3 is 25.1 Å². The normalized spacial score (nSPS) is 8.05. The summed E-state index contributed by atoms with van der Waals surface area (Å²) in [5.74, 6) is -0.802. The molecule has 0 saturated heterocycles. The lowest BCUT2D eigenvalue weighted by atomic mass is 10.4. The molecule has 0 saturated carbocycles. The van der Waals surface area contributed by atoms with Gasteiger partial charge in [0.2, 0.25) is 0 Å². The van der Waals surface area contributed by atoms with E-state index in [1.807, 2.05) is 0 Å². The van der Waals surface area contributed by atoms with E-state index in [0.717, 1.165) is 0 Å². The number of aliphatic hydroxyl groups excluding tert-OH is 1. The summed E-state index contributed by atoms with van der Waals surface area (Å²) in [6.45, 7) is 11.8. The van der Waals surface area contributed by atoms with Gasteiger partial charge in [-0.3, -0.25) is 0 Å². The monoisotopic (exact) mass is 319 g/mol. The number of carbonyl (C=O) groups excluding carboxylic acids is 3. The highest BCUT2D eigenvalue weighted by Crippen LogP contribution is 1.90. The number of nitrogens with two attached hydrogens (primary N) is 1. The molecule has 0 aliphatic rings. The van der Waals surface area contributed by atoms with Crippen molar-refractivity contribution in [2.24, 2.45) is 5.73 Å². The molecule has 8 heteroatoms. The number of esters is 2. The summed E-state index contributed by atoms with van der Waals surface area (Å²) in [7, 11) is 1.33. The molecule has 8 nitrogen and oxygen atoms in total. The van der Waals surface area contributed by atoms with Crippen LogP contribution in [0.5, 0.6) is 0 Å². The van der Waals surface area contributed by atoms with Crippen molar-refractivity contribution < 1.29 is 33.7 Å². The van der Waals surface area contributed by atoms with Gasteiger partial charge in [0.25, 0.3) is 0 Å². The average molecular weight is 319 g/mol. The number of aliphatic hydroxyl groups is 1. The third-order valence-corrected chi connectivity index (χ3v) is 1.49. The maximum atomic E-state index is 10.5. The van der Waals surface area contributed by atoms with Gasteiger partial charge in [0.1, 0.15) is 6.61 Å². The molecule has 0 aromatic rings. The highest BCUT2D eigenvalue weighted by Gasteiger charge is 1.99. The standard InChI is InChI=1S/C6H10O3.C5H8O2.C3H7NO2/c1-5(2)6(8)9-4-3-7;1-4(2)5(6)7-3;1-2-6-3(4)5/h7H,1,3-4H2,2H3;1H2,2-3H3;2H2,1H3,(H2,4,5). The Morgan fingerprint density at radius 3 is 1.64 bits per heavy atom. The van der Waals surface area contributed by atoms with Crippen LogP contribution in [-0.4, -0.2) is 50.1 Å². The molecule has 1 amide bonds. The van der Waals surface area contributed by atoms with Crippen molar-refractivity contribution in [1.82, 2.24) is 0 Å². The number of primary amides is 1. The van der Waals surface area contributed by atoms with Crippen LogP contribution in [0.25, 0.3) is 0 Å². The van der Waals surface area contributed by atoms with E-state index in [9.17, 15) is 14.4 Å². The highest BCUT2D eigenvalue weighted by atomic mass is 16.5. The topological polar surface area (TPSA) is 125 Å². The molecule has 0 radical (unpaired) electrons. The van der Waals surface area contributed by atoms with Crippen molar-refractivity contribution in [3.63, 3.8) is 0 Å². The minimum Gasteiger partial charge on any atom is -0.466 e. The molecular weight excluding hydrogens is 294 g/mol. The third kappa shape index (κ3) is 22.8. The van der Waals surface area contributed by atoms with Crippen LogP contribution in [0.15, 0.2) is 24.3 Å². The second kappa shape index (κ2) is 16.7. The molecule has 3 N–H and O–H groups in total. The van der Waals surface area contributed by atoms with E-state index in [0.29, 0.717) is 17.8 Å². The Balaban J connectivity index is -0.000000252. The maximum absolute atomic E-state index is 10.5. The number of rotatable bonds is 5. The number of methoxy groups -OCH3 is 1. The van der Waals surface area contributed by atoms with Gasteiger partial charge in [0, 0.05) is 11.1 Å². The number of ether oxygens (including phenoxy) is 3. The van der Waals surface area contributed by atoms with Crippen LogP contribution < -0.4 is 5.73 Å². The first kappa shape index (κ1) is 24.7. The van der Waals surface area contributed by atoms with Crippen molar-refractivity contribution in [2.45, 2.75) is 20.8 Å². The molecule has 0 spiro atoms. The minimum atomic E-state index is -0.711. The Morgan fingerprint density at radius 2 is 1.50 bits per heavy atom. The van der Waals surface area contributed by atoms with E-state index < -0.39 is 12.1 Å². The van der Waals surface area contributed by atoms with Gasteiger partial charge in [-0.2, -0.15) is 0 Å². The van der Waals surface area contributed by atoms with Crippen molar-refractivity contribution in [2.75, 3.05) is 26.9 Å². The fourth-order valence-corrected chi connectivity index (χ4v) is 0.578. The van der Waals surface area contributed by atoms with E-state index in [1.54, 1.807) is 20.8 Å². The SMILES string of the molecule is C=C(C)C(=O)OC.C=C(C)C(=O)OCCO.CCOC(N)=O. The van der Waals surface area contributed by atoms with Crippen molar-refractivity contribution in [3.8, 4) is 0 Å². The van der Waals surface area contributed by atoms with Crippen LogP contribution in [-0.2, 0) is 23.8 Å². The van der Waals surface area contributed by atoms with E-state index in [2.05, 4.69) is 33.1 Å². The van der Waals surface area contributed by atoms with Crippen molar-refractivity contribution in [1.29, 1.82) is 0 Å². The van der Waals surface area contributed by atoms with Crippen molar-refractivity contribution in [3.05, 3.63) is 24.3 Å². The lowest BCUT2D eigenvalue weighted by molar-refractivity contribution is -0.140. The molecule has 0 unspecified atom stereocenters. The van der Waals surface area contributed by atoms with E-state index in [1.165, 1.54) is 7.11 Å². The molecule has 0 aliphatic heterocycles. The summed E-state index contributed by atoms with van der Waals surface area (Å²) >= 11 is 0. The fraction of sp³-hybridized carbons (Fsp3) is 0.500. The molecule has 0 bridgehead atoms. The first-order valence-corrected chi connectivity index (χ1v) is 6.23. The van der Waals surface area contributed by atoms with Crippen LogP contribution in [0.2, 0.25) is 0 Å². The van der Waals surface area contributed by atoms with Crippen LogP contribution in [0.3, 0.4) is 0 Å². The smallest absolute Gasteiger partial charge is 0.404 e. The summed E-state index contributed by atoms with van der Waals surface area (Å²) in [5.41, 5.74) is 5.33. The number of hydrogen-bond acceptors (Lipinski definition) is 7. The zero-order valence-corrected chi connectivity index (χ0v) is 13.5. The first-order chi connectivity index (χ1) is 10.1. The van der Waals surface area contributed by atoms with Gasteiger partial charge in [-0.15, -0.1) is 0 Å². The van der Waals surface area contributed by atoms with Gasteiger partial charge in [-0.1, -0.05) is 13.2 Å². The second-order valence-corrected chi connectivity index (χ2v) is 3.66. The molecule has 0 aromatic heterocycles. The van der Waals surface area contributed by atoms with Gasteiger partial charge >= 0.3 is 18.0 Å². The lowest BCUT2D eigenvalue weighted by Crippen LogP contribution is -2.11. The number of carbonyl (C=O) groups is 3. The van der Waals surface area contributed by atoms with E-state index in [-0.39, 0.29) is 19.2 Å². The zero-order valence-electron chi connectivity index (χ0n) is 13.5. The molecule has 0 fully saturated rings. The Labute approximate surface area is 130 Å². The predicted molar refractivity (Wildman–Crippen MR) is 80.9 cm³/mol. The van der Waals surface area contributed by atoms with E-state index in [4.69, 9.17) is 5.11 Å². The number of amides is 1. The molecule has 0 aromatic carbocycles. The highest BCUT2D eigenvalue weighted by molar-refractivity contribution is 5.87. The Morgan fingerprint density at radius 1 is 1.05 bits per heavy atom. The lowest BCUT2D eigenvalue weighted by Gasteiger charge is -1.99.